The molecule has 19 heavy (non-hydrogen) atoms. The molecule has 1 aromatic carbocycles. The third-order valence-electron chi connectivity index (χ3n) is 4.03. The molecule has 4 heteroatoms. The van der Waals surface area contributed by atoms with Gasteiger partial charge in [-0.25, -0.2) is 8.78 Å². The largest absolute Gasteiger partial charge is 0.387 e. The molecule has 0 spiro atoms. The predicted octanol–water partition coefficient (Wildman–Crippen LogP) is 3.56. The van der Waals surface area contributed by atoms with Gasteiger partial charge >= 0.3 is 0 Å². The number of halogens is 2. The van der Waals surface area contributed by atoms with E-state index >= 15 is 0 Å². The lowest BCUT2D eigenvalue weighted by atomic mass is 9.89. The molecule has 1 rings (SSSR count). The number of aliphatic hydroxyl groups excluding tert-OH is 1. The molecule has 0 fully saturated rings. The first-order valence-electron chi connectivity index (χ1n) is 6.86. The molecule has 0 heterocycles. The lowest BCUT2D eigenvalue weighted by Gasteiger charge is -2.33. The molecular weight excluding hydrogens is 248 g/mol. The molecular formula is C15H23F2NO. The van der Waals surface area contributed by atoms with Crippen LogP contribution in [-0.4, -0.2) is 17.2 Å². The Balaban J connectivity index is 2.69. The maximum Gasteiger partial charge on any atom is 0.159 e. The molecule has 1 unspecified atom stereocenters. The third-order valence-corrected chi connectivity index (χ3v) is 4.03. The lowest BCUT2D eigenvalue weighted by Crippen LogP contribution is -2.45. The van der Waals surface area contributed by atoms with Crippen molar-refractivity contribution in [1.29, 1.82) is 0 Å². The minimum absolute atomic E-state index is 0.000441. The molecule has 0 aliphatic carbocycles. The van der Waals surface area contributed by atoms with Gasteiger partial charge in [0.1, 0.15) is 0 Å². The Morgan fingerprint density at radius 1 is 1.11 bits per heavy atom. The molecule has 0 amide bonds. The molecule has 0 aliphatic rings. The third kappa shape index (κ3) is 3.98. The Kier molecular flexibility index (Phi) is 5.88. The fourth-order valence-electron chi connectivity index (χ4n) is 2.28. The minimum atomic E-state index is -0.927. The second-order valence-corrected chi connectivity index (χ2v) is 4.91. The van der Waals surface area contributed by atoms with E-state index in [9.17, 15) is 13.9 Å². The Morgan fingerprint density at radius 3 is 2.16 bits per heavy atom. The zero-order valence-electron chi connectivity index (χ0n) is 11.8. The van der Waals surface area contributed by atoms with Crippen LogP contribution in [0.5, 0.6) is 0 Å². The Morgan fingerprint density at radius 2 is 1.68 bits per heavy atom. The summed E-state index contributed by atoms with van der Waals surface area (Å²) < 4.78 is 25.9. The molecule has 0 aliphatic heterocycles. The summed E-state index contributed by atoms with van der Waals surface area (Å²) in [6, 6.07) is 3.50. The van der Waals surface area contributed by atoms with Gasteiger partial charge < -0.3 is 10.4 Å². The Hall–Kier alpha value is -1.00. The van der Waals surface area contributed by atoms with Gasteiger partial charge in [0.25, 0.3) is 0 Å². The fraction of sp³-hybridized carbons (Fsp3) is 0.600. The SMILES string of the molecule is CCC(CC)(CC)NCC(O)c1ccc(F)c(F)c1. The van der Waals surface area contributed by atoms with Gasteiger partial charge in [-0.05, 0) is 37.0 Å². The van der Waals surface area contributed by atoms with Crippen molar-refractivity contribution in [3.63, 3.8) is 0 Å². The van der Waals surface area contributed by atoms with Gasteiger partial charge in [-0.3, -0.25) is 0 Å². The van der Waals surface area contributed by atoms with Crippen LogP contribution in [0.15, 0.2) is 18.2 Å². The average molecular weight is 271 g/mol. The summed E-state index contributed by atoms with van der Waals surface area (Å²) in [7, 11) is 0. The predicted molar refractivity (Wildman–Crippen MR) is 72.9 cm³/mol. The molecule has 0 aromatic heterocycles. The van der Waals surface area contributed by atoms with Crippen molar-refractivity contribution in [3.05, 3.63) is 35.4 Å². The van der Waals surface area contributed by atoms with Gasteiger partial charge in [0, 0.05) is 12.1 Å². The number of aliphatic hydroxyl groups is 1. The highest BCUT2D eigenvalue weighted by Crippen LogP contribution is 2.21. The highest BCUT2D eigenvalue weighted by Gasteiger charge is 2.24. The summed E-state index contributed by atoms with van der Waals surface area (Å²) in [5.74, 6) is -1.82. The van der Waals surface area contributed by atoms with Crippen LogP contribution >= 0.6 is 0 Å². The van der Waals surface area contributed by atoms with Gasteiger partial charge in [0.15, 0.2) is 11.6 Å². The quantitative estimate of drug-likeness (QED) is 0.794. The van der Waals surface area contributed by atoms with E-state index < -0.39 is 17.7 Å². The first-order valence-corrected chi connectivity index (χ1v) is 6.86. The minimum Gasteiger partial charge on any atom is -0.387 e. The maximum absolute atomic E-state index is 13.1. The molecule has 0 saturated heterocycles. The number of benzene rings is 1. The van der Waals surface area contributed by atoms with Gasteiger partial charge in [-0.1, -0.05) is 26.8 Å². The van der Waals surface area contributed by atoms with Crippen molar-refractivity contribution in [1.82, 2.24) is 5.32 Å². The average Bonchev–Trinajstić information content (AvgIpc) is 2.43. The normalized spacial score (nSPS) is 13.6. The second-order valence-electron chi connectivity index (χ2n) is 4.91. The monoisotopic (exact) mass is 271 g/mol. The van der Waals surface area contributed by atoms with E-state index in [1.165, 1.54) is 6.07 Å². The Bertz CT molecular complexity index is 397. The van der Waals surface area contributed by atoms with E-state index in [2.05, 4.69) is 26.1 Å². The first-order chi connectivity index (χ1) is 8.98. The standard InChI is InChI=1S/C15H23F2NO/c1-4-15(5-2,6-3)18-10-14(19)11-7-8-12(16)13(17)9-11/h7-9,14,18-19H,4-6,10H2,1-3H3. The molecule has 0 saturated carbocycles. The van der Waals surface area contributed by atoms with Crippen molar-refractivity contribution >= 4 is 0 Å². The van der Waals surface area contributed by atoms with E-state index in [4.69, 9.17) is 0 Å². The fourth-order valence-corrected chi connectivity index (χ4v) is 2.28. The molecule has 2 N–H and O–H groups in total. The Labute approximate surface area is 113 Å². The molecule has 2 nitrogen and oxygen atoms in total. The summed E-state index contributed by atoms with van der Waals surface area (Å²) in [6.45, 7) is 6.64. The van der Waals surface area contributed by atoms with Crippen molar-refractivity contribution < 1.29 is 13.9 Å². The van der Waals surface area contributed by atoms with Crippen molar-refractivity contribution in [2.75, 3.05) is 6.54 Å². The highest BCUT2D eigenvalue weighted by atomic mass is 19.2. The van der Waals surface area contributed by atoms with Crippen LogP contribution in [0.3, 0.4) is 0 Å². The summed E-state index contributed by atoms with van der Waals surface area (Å²) in [6.07, 6.45) is 2.05. The summed E-state index contributed by atoms with van der Waals surface area (Å²) in [4.78, 5) is 0. The van der Waals surface area contributed by atoms with Crippen LogP contribution in [0.1, 0.15) is 51.7 Å². The van der Waals surface area contributed by atoms with E-state index in [0.29, 0.717) is 12.1 Å². The van der Waals surface area contributed by atoms with Crippen molar-refractivity contribution in [2.45, 2.75) is 51.7 Å². The van der Waals surface area contributed by atoms with Crippen LogP contribution < -0.4 is 5.32 Å². The van der Waals surface area contributed by atoms with Crippen LogP contribution in [-0.2, 0) is 0 Å². The molecule has 108 valence electrons. The number of hydrogen-bond donors (Lipinski definition) is 2. The van der Waals surface area contributed by atoms with Gasteiger partial charge in [0.05, 0.1) is 6.10 Å². The first kappa shape index (κ1) is 16.1. The zero-order chi connectivity index (χ0) is 14.5. The van der Waals surface area contributed by atoms with Crippen LogP contribution in [0, 0.1) is 11.6 Å². The lowest BCUT2D eigenvalue weighted by molar-refractivity contribution is 0.150. The number of nitrogens with one attached hydrogen (secondary N) is 1. The van der Waals surface area contributed by atoms with E-state index in [0.717, 1.165) is 31.4 Å². The molecule has 1 atom stereocenters. The van der Waals surface area contributed by atoms with Crippen LogP contribution in [0.4, 0.5) is 8.78 Å². The topological polar surface area (TPSA) is 32.3 Å². The highest BCUT2D eigenvalue weighted by molar-refractivity contribution is 5.20. The van der Waals surface area contributed by atoms with Crippen molar-refractivity contribution in [3.8, 4) is 0 Å². The van der Waals surface area contributed by atoms with Gasteiger partial charge in [-0.15, -0.1) is 0 Å². The summed E-state index contributed by atoms with van der Waals surface area (Å²) >= 11 is 0. The number of β-amino-alcohol motifs (C(OH)–C–C–N with tert-alkyl or cyclic N) is 1. The van der Waals surface area contributed by atoms with E-state index in [-0.39, 0.29) is 5.54 Å². The van der Waals surface area contributed by atoms with Crippen LogP contribution in [0.2, 0.25) is 0 Å². The molecule has 0 radical (unpaired) electrons. The molecule has 1 aromatic rings. The second kappa shape index (κ2) is 6.96. The van der Waals surface area contributed by atoms with E-state index in [1.54, 1.807) is 0 Å². The summed E-state index contributed by atoms with van der Waals surface area (Å²) in [5, 5.41) is 13.4. The zero-order valence-corrected chi connectivity index (χ0v) is 11.8. The molecule has 0 bridgehead atoms. The van der Waals surface area contributed by atoms with E-state index in [1.807, 2.05) is 0 Å². The summed E-state index contributed by atoms with van der Waals surface area (Å²) in [5.41, 5.74) is 0.392. The van der Waals surface area contributed by atoms with Crippen molar-refractivity contribution in [2.24, 2.45) is 0 Å². The smallest absolute Gasteiger partial charge is 0.159 e. The number of rotatable bonds is 7. The van der Waals surface area contributed by atoms with Gasteiger partial charge in [-0.2, -0.15) is 0 Å². The maximum atomic E-state index is 13.1. The van der Waals surface area contributed by atoms with Crippen LogP contribution in [0.25, 0.3) is 0 Å². The van der Waals surface area contributed by atoms with Gasteiger partial charge in [0.2, 0.25) is 0 Å². The number of hydrogen-bond acceptors (Lipinski definition) is 2.